The van der Waals surface area contributed by atoms with E-state index in [4.69, 9.17) is 11.6 Å². The van der Waals surface area contributed by atoms with Crippen LogP contribution in [-0.4, -0.2) is 21.5 Å². The molecule has 0 saturated heterocycles. The van der Waals surface area contributed by atoms with Gasteiger partial charge in [-0.25, -0.2) is 9.97 Å². The second kappa shape index (κ2) is 4.94. The van der Waals surface area contributed by atoms with Crippen LogP contribution in [0.5, 0.6) is 0 Å². The molecule has 0 radical (unpaired) electrons. The van der Waals surface area contributed by atoms with E-state index in [2.05, 4.69) is 9.97 Å². The van der Waals surface area contributed by atoms with Crippen molar-refractivity contribution in [2.45, 2.75) is 0 Å². The third-order valence-electron chi connectivity index (χ3n) is 4.46. The van der Waals surface area contributed by atoms with Gasteiger partial charge in [-0.15, -0.1) is 0 Å². The number of carbonyl (C=O) groups is 2. The third-order valence-corrected chi connectivity index (χ3v) is 4.69. The summed E-state index contributed by atoms with van der Waals surface area (Å²) in [7, 11) is 0. The first-order valence-corrected chi connectivity index (χ1v) is 8.10. The topological polar surface area (TPSA) is 59.9 Å². The van der Waals surface area contributed by atoms with Gasteiger partial charge < -0.3 is 0 Å². The summed E-state index contributed by atoms with van der Waals surface area (Å²) in [6.07, 6.45) is 0. The van der Waals surface area contributed by atoms with E-state index in [1.54, 1.807) is 54.6 Å². The Morgan fingerprint density at radius 1 is 0.680 bits per heavy atom. The fraction of sp³-hybridized carbons (Fsp3) is 0. The van der Waals surface area contributed by atoms with Crippen LogP contribution in [0.3, 0.4) is 0 Å². The molecule has 0 N–H and O–H groups in total. The standard InChI is InChI=1S/C20H9ClN2O2/c21-10-5-7-14-16(9-10)22-15-8-6-13-17(18(15)23-14)20(25)12-4-2-1-3-11(12)19(13)24/h1-9H. The summed E-state index contributed by atoms with van der Waals surface area (Å²) in [5.74, 6) is -0.358. The summed E-state index contributed by atoms with van der Waals surface area (Å²) in [5, 5.41) is 0.569. The van der Waals surface area contributed by atoms with Crippen LogP contribution in [0.15, 0.2) is 54.6 Å². The molecule has 3 aromatic carbocycles. The number of nitrogens with zero attached hydrogens (tertiary/aromatic N) is 2. The number of carbonyl (C=O) groups excluding carboxylic acids is 2. The highest BCUT2D eigenvalue weighted by atomic mass is 35.5. The van der Waals surface area contributed by atoms with Crippen molar-refractivity contribution in [1.29, 1.82) is 0 Å². The van der Waals surface area contributed by atoms with Crippen LogP contribution in [0.4, 0.5) is 0 Å². The molecule has 4 aromatic rings. The van der Waals surface area contributed by atoms with Crippen molar-refractivity contribution in [2.24, 2.45) is 0 Å². The summed E-state index contributed by atoms with van der Waals surface area (Å²) in [5.41, 5.74) is 3.82. The molecule has 5 rings (SSSR count). The minimum Gasteiger partial charge on any atom is -0.289 e. The molecule has 0 aliphatic heterocycles. The Labute approximate surface area is 147 Å². The van der Waals surface area contributed by atoms with Gasteiger partial charge in [0.25, 0.3) is 0 Å². The van der Waals surface area contributed by atoms with Crippen molar-refractivity contribution in [3.8, 4) is 0 Å². The van der Waals surface area contributed by atoms with Crippen LogP contribution in [0.25, 0.3) is 22.1 Å². The van der Waals surface area contributed by atoms with Crippen LogP contribution < -0.4 is 0 Å². The summed E-state index contributed by atoms with van der Waals surface area (Å²) in [6.45, 7) is 0. The molecule has 1 aliphatic rings. The van der Waals surface area contributed by atoms with Crippen LogP contribution >= 0.6 is 11.6 Å². The first-order valence-electron chi connectivity index (χ1n) is 7.72. The van der Waals surface area contributed by atoms with Gasteiger partial charge in [-0.1, -0.05) is 35.9 Å². The van der Waals surface area contributed by atoms with E-state index >= 15 is 0 Å². The van der Waals surface area contributed by atoms with Gasteiger partial charge in [0.05, 0.1) is 22.1 Å². The number of benzene rings is 3. The average Bonchev–Trinajstić information content (AvgIpc) is 2.63. The first-order chi connectivity index (χ1) is 12.1. The molecule has 0 bridgehead atoms. The second-order valence-electron chi connectivity index (χ2n) is 5.92. The van der Waals surface area contributed by atoms with E-state index in [1.165, 1.54) is 0 Å². The smallest absolute Gasteiger partial charge is 0.196 e. The quantitative estimate of drug-likeness (QED) is 0.395. The van der Waals surface area contributed by atoms with E-state index < -0.39 is 0 Å². The lowest BCUT2D eigenvalue weighted by Gasteiger charge is -2.18. The van der Waals surface area contributed by atoms with E-state index in [9.17, 15) is 9.59 Å². The Balaban J connectivity index is 1.89. The van der Waals surface area contributed by atoms with Gasteiger partial charge in [-0.3, -0.25) is 9.59 Å². The molecule has 0 unspecified atom stereocenters. The number of hydrogen-bond donors (Lipinski definition) is 0. The summed E-state index contributed by atoms with van der Waals surface area (Å²) >= 11 is 6.02. The molecule has 0 spiro atoms. The fourth-order valence-corrected chi connectivity index (χ4v) is 3.46. The maximum Gasteiger partial charge on any atom is 0.196 e. The van der Waals surface area contributed by atoms with Crippen molar-refractivity contribution < 1.29 is 9.59 Å². The van der Waals surface area contributed by atoms with Crippen LogP contribution in [0.1, 0.15) is 31.8 Å². The molecule has 1 aromatic heterocycles. The van der Waals surface area contributed by atoms with Crippen LogP contribution in [0, 0.1) is 0 Å². The molecule has 0 saturated carbocycles. The fourth-order valence-electron chi connectivity index (χ4n) is 3.29. The van der Waals surface area contributed by atoms with Gasteiger partial charge in [0.1, 0.15) is 5.52 Å². The monoisotopic (exact) mass is 344 g/mol. The van der Waals surface area contributed by atoms with Crippen molar-refractivity contribution in [1.82, 2.24) is 9.97 Å². The number of hydrogen-bond acceptors (Lipinski definition) is 4. The summed E-state index contributed by atoms with van der Waals surface area (Å²) in [6, 6.07) is 15.4. The van der Waals surface area contributed by atoms with Crippen molar-refractivity contribution >= 4 is 45.2 Å². The zero-order valence-corrected chi connectivity index (χ0v) is 13.5. The summed E-state index contributed by atoms with van der Waals surface area (Å²) in [4.78, 5) is 35.0. The lowest BCUT2D eigenvalue weighted by atomic mass is 9.83. The molecular formula is C20H9ClN2O2. The SMILES string of the molecule is O=C1c2ccccc2C(=O)c2c1ccc1nc3cc(Cl)ccc3nc21. The number of halogens is 1. The largest absolute Gasteiger partial charge is 0.289 e. The zero-order chi connectivity index (χ0) is 17.1. The second-order valence-corrected chi connectivity index (χ2v) is 6.35. The van der Waals surface area contributed by atoms with Crippen molar-refractivity contribution in [3.63, 3.8) is 0 Å². The van der Waals surface area contributed by atoms with E-state index in [0.29, 0.717) is 49.3 Å². The number of ketones is 2. The molecule has 25 heavy (non-hydrogen) atoms. The Kier molecular flexibility index (Phi) is 2.82. The Hall–Kier alpha value is -3.11. The third kappa shape index (κ3) is 1.95. The van der Waals surface area contributed by atoms with Gasteiger partial charge in [-0.2, -0.15) is 0 Å². The van der Waals surface area contributed by atoms with Crippen LogP contribution in [-0.2, 0) is 0 Å². The molecular weight excluding hydrogens is 336 g/mol. The predicted octanol–water partition coefficient (Wildman–Crippen LogP) is 4.21. The lowest BCUT2D eigenvalue weighted by molar-refractivity contribution is 0.0980. The minimum atomic E-state index is -0.196. The molecule has 1 heterocycles. The van der Waals surface area contributed by atoms with Crippen molar-refractivity contribution in [2.75, 3.05) is 0 Å². The Morgan fingerprint density at radius 2 is 1.40 bits per heavy atom. The first kappa shape index (κ1) is 14.3. The predicted molar refractivity (Wildman–Crippen MR) is 95.4 cm³/mol. The summed E-state index contributed by atoms with van der Waals surface area (Å²) < 4.78 is 0. The highest BCUT2D eigenvalue weighted by Gasteiger charge is 2.31. The number of fused-ring (bicyclic) bond motifs is 5. The van der Waals surface area contributed by atoms with Crippen molar-refractivity contribution in [3.05, 3.63) is 81.9 Å². The molecule has 0 atom stereocenters. The number of aromatic nitrogens is 2. The molecule has 5 heteroatoms. The normalized spacial score (nSPS) is 13.2. The van der Waals surface area contributed by atoms with Gasteiger partial charge in [0.15, 0.2) is 11.6 Å². The maximum atomic E-state index is 13.0. The van der Waals surface area contributed by atoms with Gasteiger partial charge in [-0.05, 0) is 30.3 Å². The Bertz CT molecular complexity index is 1250. The highest BCUT2D eigenvalue weighted by molar-refractivity contribution is 6.32. The Morgan fingerprint density at radius 3 is 2.20 bits per heavy atom. The van der Waals surface area contributed by atoms with E-state index in [0.717, 1.165) is 0 Å². The average molecular weight is 345 g/mol. The molecule has 1 aliphatic carbocycles. The molecule has 118 valence electrons. The van der Waals surface area contributed by atoms with Crippen LogP contribution in [0.2, 0.25) is 5.02 Å². The number of rotatable bonds is 0. The zero-order valence-electron chi connectivity index (χ0n) is 12.8. The van der Waals surface area contributed by atoms with E-state index in [-0.39, 0.29) is 11.6 Å². The maximum absolute atomic E-state index is 13.0. The van der Waals surface area contributed by atoms with Gasteiger partial charge in [0.2, 0.25) is 0 Å². The van der Waals surface area contributed by atoms with Gasteiger partial charge in [0, 0.05) is 21.7 Å². The molecule has 4 nitrogen and oxygen atoms in total. The molecule has 0 amide bonds. The lowest BCUT2D eigenvalue weighted by Crippen LogP contribution is -2.21. The van der Waals surface area contributed by atoms with Gasteiger partial charge >= 0.3 is 0 Å². The molecule has 0 fully saturated rings. The highest BCUT2D eigenvalue weighted by Crippen LogP contribution is 2.32. The van der Waals surface area contributed by atoms with E-state index in [1.807, 2.05) is 0 Å². The minimum absolute atomic E-state index is 0.162.